The maximum absolute atomic E-state index is 12.2. The molecule has 0 amide bonds. The lowest BCUT2D eigenvalue weighted by Gasteiger charge is -2.33. The molecule has 0 bridgehead atoms. The van der Waals surface area contributed by atoms with Crippen LogP contribution in [0.1, 0.15) is 49.4 Å². The molecular formula is C14H20N2O4S. The van der Waals surface area contributed by atoms with Gasteiger partial charge in [0.25, 0.3) is 10.0 Å². The lowest BCUT2D eigenvalue weighted by Crippen LogP contribution is -2.37. The van der Waals surface area contributed by atoms with Gasteiger partial charge < -0.3 is 5.11 Å². The van der Waals surface area contributed by atoms with E-state index in [-0.39, 0.29) is 16.0 Å². The maximum Gasteiger partial charge on any atom is 0.337 e. The Balaban J connectivity index is 2.05. The molecule has 1 aliphatic carbocycles. The van der Waals surface area contributed by atoms with Gasteiger partial charge in [-0.25, -0.2) is 22.9 Å². The second-order valence-corrected chi connectivity index (χ2v) is 7.60. The summed E-state index contributed by atoms with van der Waals surface area (Å²) >= 11 is 0. The van der Waals surface area contributed by atoms with E-state index in [1.54, 1.807) is 0 Å². The summed E-state index contributed by atoms with van der Waals surface area (Å²) in [7, 11) is -3.69. The van der Waals surface area contributed by atoms with E-state index in [1.807, 2.05) is 0 Å². The first-order valence-corrected chi connectivity index (χ1v) is 8.50. The molecule has 116 valence electrons. The molecule has 21 heavy (non-hydrogen) atoms. The smallest absolute Gasteiger partial charge is 0.337 e. The van der Waals surface area contributed by atoms with Crippen molar-refractivity contribution in [1.29, 1.82) is 0 Å². The summed E-state index contributed by atoms with van der Waals surface area (Å²) in [4.78, 5) is 14.5. The molecule has 0 aliphatic heterocycles. The highest BCUT2D eigenvalue weighted by Crippen LogP contribution is 2.35. The van der Waals surface area contributed by atoms with Gasteiger partial charge in [-0.1, -0.05) is 26.2 Å². The molecule has 2 rings (SSSR count). The molecule has 0 radical (unpaired) electrons. The molecular weight excluding hydrogens is 292 g/mol. The Labute approximate surface area is 124 Å². The highest BCUT2D eigenvalue weighted by molar-refractivity contribution is 7.89. The van der Waals surface area contributed by atoms with Crippen LogP contribution in [-0.4, -0.2) is 31.0 Å². The van der Waals surface area contributed by atoms with Crippen molar-refractivity contribution in [3.8, 4) is 0 Å². The molecule has 1 fully saturated rings. The van der Waals surface area contributed by atoms with Gasteiger partial charge in [0.1, 0.15) is 0 Å². The average molecular weight is 312 g/mol. The number of carbonyl (C=O) groups is 1. The van der Waals surface area contributed by atoms with Crippen molar-refractivity contribution in [2.75, 3.05) is 6.54 Å². The predicted molar refractivity (Wildman–Crippen MR) is 77.6 cm³/mol. The molecule has 1 aliphatic rings. The van der Waals surface area contributed by atoms with Gasteiger partial charge >= 0.3 is 5.97 Å². The van der Waals surface area contributed by atoms with Crippen LogP contribution in [0.25, 0.3) is 0 Å². The number of aromatic nitrogens is 1. The van der Waals surface area contributed by atoms with Gasteiger partial charge in [0.05, 0.1) is 5.56 Å². The SMILES string of the molecule is CC1(CNS(=O)(=O)c2ccc(C(=O)O)cn2)CCCCC1. The fourth-order valence-electron chi connectivity index (χ4n) is 2.59. The van der Waals surface area contributed by atoms with Gasteiger partial charge in [-0.15, -0.1) is 0 Å². The van der Waals surface area contributed by atoms with E-state index < -0.39 is 16.0 Å². The topological polar surface area (TPSA) is 96.4 Å². The van der Waals surface area contributed by atoms with E-state index in [9.17, 15) is 13.2 Å². The molecule has 1 heterocycles. The largest absolute Gasteiger partial charge is 0.478 e. The Morgan fingerprint density at radius 2 is 2.00 bits per heavy atom. The summed E-state index contributed by atoms with van der Waals surface area (Å²) in [5.74, 6) is -1.13. The zero-order valence-corrected chi connectivity index (χ0v) is 12.8. The van der Waals surface area contributed by atoms with E-state index in [0.29, 0.717) is 6.54 Å². The number of pyridine rings is 1. The summed E-state index contributed by atoms with van der Waals surface area (Å²) in [5.41, 5.74) is -0.0417. The van der Waals surface area contributed by atoms with Crippen LogP contribution in [0.3, 0.4) is 0 Å². The van der Waals surface area contributed by atoms with Crippen LogP contribution in [0.2, 0.25) is 0 Å². The maximum atomic E-state index is 12.2. The van der Waals surface area contributed by atoms with Crippen molar-refractivity contribution >= 4 is 16.0 Å². The Morgan fingerprint density at radius 1 is 1.33 bits per heavy atom. The van der Waals surface area contributed by atoms with Crippen LogP contribution >= 0.6 is 0 Å². The zero-order valence-electron chi connectivity index (χ0n) is 12.0. The number of aromatic carboxylic acids is 1. The molecule has 2 N–H and O–H groups in total. The second-order valence-electron chi connectivity index (χ2n) is 5.89. The Bertz CT molecular complexity index is 604. The van der Waals surface area contributed by atoms with Crippen LogP contribution in [0.15, 0.2) is 23.4 Å². The molecule has 0 unspecified atom stereocenters. The summed E-state index contributed by atoms with van der Waals surface area (Å²) < 4.78 is 27.0. The van der Waals surface area contributed by atoms with Gasteiger partial charge in [0.2, 0.25) is 0 Å². The lowest BCUT2D eigenvalue weighted by atomic mass is 9.76. The van der Waals surface area contributed by atoms with Gasteiger partial charge in [-0.3, -0.25) is 0 Å². The zero-order chi connectivity index (χ0) is 15.5. The summed E-state index contributed by atoms with van der Waals surface area (Å²) in [6.07, 6.45) is 6.55. The molecule has 0 saturated heterocycles. The van der Waals surface area contributed by atoms with E-state index >= 15 is 0 Å². The van der Waals surface area contributed by atoms with Gasteiger partial charge in [-0.2, -0.15) is 0 Å². The van der Waals surface area contributed by atoms with Gasteiger partial charge in [-0.05, 0) is 30.4 Å². The molecule has 6 nitrogen and oxygen atoms in total. The monoisotopic (exact) mass is 312 g/mol. The van der Waals surface area contributed by atoms with Crippen LogP contribution in [-0.2, 0) is 10.0 Å². The molecule has 0 atom stereocenters. The first kappa shape index (κ1) is 15.9. The lowest BCUT2D eigenvalue weighted by molar-refractivity contribution is 0.0696. The minimum atomic E-state index is -3.69. The van der Waals surface area contributed by atoms with Crippen LogP contribution < -0.4 is 4.72 Å². The number of nitrogens with zero attached hydrogens (tertiary/aromatic N) is 1. The van der Waals surface area contributed by atoms with Crippen molar-refractivity contribution in [3.63, 3.8) is 0 Å². The highest BCUT2D eigenvalue weighted by Gasteiger charge is 2.29. The fraction of sp³-hybridized carbons (Fsp3) is 0.571. The minimum absolute atomic E-state index is 0.00761. The minimum Gasteiger partial charge on any atom is -0.478 e. The predicted octanol–water partition coefficient (Wildman–Crippen LogP) is 2.03. The molecule has 1 aromatic heterocycles. The molecule has 0 spiro atoms. The third kappa shape index (κ3) is 4.01. The average Bonchev–Trinajstić information content (AvgIpc) is 2.46. The first-order valence-electron chi connectivity index (χ1n) is 7.01. The van der Waals surface area contributed by atoms with Crippen molar-refractivity contribution < 1.29 is 18.3 Å². The van der Waals surface area contributed by atoms with Crippen LogP contribution in [0.4, 0.5) is 0 Å². The molecule has 7 heteroatoms. The van der Waals surface area contributed by atoms with Gasteiger partial charge in [0, 0.05) is 12.7 Å². The van der Waals surface area contributed by atoms with Crippen LogP contribution in [0, 0.1) is 5.41 Å². The second kappa shape index (κ2) is 6.11. The number of carboxylic acid groups (broad SMARTS) is 1. The van der Waals surface area contributed by atoms with E-state index in [2.05, 4.69) is 16.6 Å². The summed E-state index contributed by atoms with van der Waals surface area (Å²) in [6.45, 7) is 2.48. The van der Waals surface area contributed by atoms with Crippen LogP contribution in [0.5, 0.6) is 0 Å². The van der Waals surface area contributed by atoms with E-state index in [1.165, 1.54) is 18.6 Å². The Hall–Kier alpha value is -1.47. The standard InChI is InChI=1S/C14H20N2O4S/c1-14(7-3-2-4-8-14)10-16-21(19,20)12-6-5-11(9-15-12)13(17)18/h5-6,9,16H,2-4,7-8,10H2,1H3,(H,17,18). The number of rotatable bonds is 5. The molecule has 0 aromatic carbocycles. The van der Waals surface area contributed by atoms with Crippen molar-refractivity contribution in [2.45, 2.75) is 44.1 Å². The molecule has 1 aromatic rings. The van der Waals surface area contributed by atoms with E-state index in [0.717, 1.165) is 31.9 Å². The van der Waals surface area contributed by atoms with Crippen molar-refractivity contribution in [2.24, 2.45) is 5.41 Å². The number of sulfonamides is 1. The number of carboxylic acids is 1. The number of hydrogen-bond acceptors (Lipinski definition) is 4. The van der Waals surface area contributed by atoms with Gasteiger partial charge in [0.15, 0.2) is 5.03 Å². The summed E-state index contributed by atoms with van der Waals surface area (Å²) in [6, 6.07) is 2.46. The quantitative estimate of drug-likeness (QED) is 0.867. The number of nitrogens with one attached hydrogen (secondary N) is 1. The van der Waals surface area contributed by atoms with Crippen molar-refractivity contribution in [1.82, 2.24) is 9.71 Å². The fourth-order valence-corrected chi connectivity index (χ4v) is 3.72. The Morgan fingerprint density at radius 3 is 2.52 bits per heavy atom. The van der Waals surface area contributed by atoms with Crippen molar-refractivity contribution in [3.05, 3.63) is 23.9 Å². The third-order valence-electron chi connectivity index (χ3n) is 4.01. The highest BCUT2D eigenvalue weighted by atomic mass is 32.2. The number of hydrogen-bond donors (Lipinski definition) is 2. The molecule has 1 saturated carbocycles. The van der Waals surface area contributed by atoms with E-state index in [4.69, 9.17) is 5.11 Å². The first-order chi connectivity index (χ1) is 9.82. The Kier molecular flexibility index (Phi) is 4.63. The summed E-state index contributed by atoms with van der Waals surface area (Å²) in [5, 5.41) is 8.63. The third-order valence-corrected chi connectivity index (χ3v) is 5.32. The normalized spacial score (nSPS) is 18.3.